The van der Waals surface area contributed by atoms with Crippen molar-refractivity contribution < 1.29 is 20.1 Å². The summed E-state index contributed by atoms with van der Waals surface area (Å²) in [5, 5.41) is 28.1. The zero-order valence-corrected chi connectivity index (χ0v) is 16.5. The van der Waals surface area contributed by atoms with Crippen molar-refractivity contribution in [1.29, 1.82) is 0 Å². The average molecular weight is 375 g/mol. The minimum Gasteiger partial charge on any atom is -0.481 e. The lowest BCUT2D eigenvalue weighted by molar-refractivity contribution is -0.137. The number of carboxylic acid groups (broad SMARTS) is 1. The van der Waals surface area contributed by atoms with Gasteiger partial charge >= 0.3 is 5.97 Å². The maximum Gasteiger partial charge on any atom is 0.303 e. The lowest BCUT2D eigenvalue weighted by atomic mass is 10.1. The topological polar surface area (TPSA) is 77.8 Å². The van der Waals surface area contributed by atoms with Crippen LogP contribution >= 0.6 is 0 Å². The van der Waals surface area contributed by atoms with Gasteiger partial charge in [0, 0.05) is 6.42 Å². The highest BCUT2D eigenvalue weighted by Gasteiger charge is 1.96. The molecule has 2 atom stereocenters. The van der Waals surface area contributed by atoms with E-state index in [1.54, 1.807) is 24.3 Å². The van der Waals surface area contributed by atoms with Crippen molar-refractivity contribution in [2.45, 2.75) is 64.6 Å². The first-order valence-corrected chi connectivity index (χ1v) is 9.52. The van der Waals surface area contributed by atoms with Crippen LogP contribution in [0.2, 0.25) is 0 Å². The number of hydrogen-bond donors (Lipinski definition) is 3. The Morgan fingerprint density at radius 3 is 2.11 bits per heavy atom. The van der Waals surface area contributed by atoms with Crippen molar-refractivity contribution in [3.05, 3.63) is 72.4 Å². The Labute approximate surface area is 163 Å². The molecule has 4 heteroatoms. The monoisotopic (exact) mass is 374 g/mol. The molecule has 1 unspecified atom stereocenters. The van der Waals surface area contributed by atoms with E-state index in [-0.39, 0.29) is 6.42 Å². The van der Waals surface area contributed by atoms with Gasteiger partial charge in [-0.05, 0) is 39.0 Å². The fourth-order valence-electron chi connectivity index (χ4n) is 2.13. The van der Waals surface area contributed by atoms with Gasteiger partial charge < -0.3 is 15.3 Å². The number of aliphatic hydroxyl groups is 2. The van der Waals surface area contributed by atoms with Gasteiger partial charge in [0.1, 0.15) is 0 Å². The van der Waals surface area contributed by atoms with E-state index in [1.807, 2.05) is 49.5 Å². The van der Waals surface area contributed by atoms with E-state index in [4.69, 9.17) is 5.11 Å². The van der Waals surface area contributed by atoms with Gasteiger partial charge in [0.05, 0.1) is 12.2 Å². The average Bonchev–Trinajstić information content (AvgIpc) is 2.61. The minimum atomic E-state index is -0.764. The summed E-state index contributed by atoms with van der Waals surface area (Å²) in [5.74, 6) is -0.764. The quantitative estimate of drug-likeness (QED) is 0.299. The van der Waals surface area contributed by atoms with Crippen molar-refractivity contribution in [3.8, 4) is 0 Å². The van der Waals surface area contributed by atoms with Gasteiger partial charge in [0.2, 0.25) is 0 Å². The molecule has 0 heterocycles. The molecule has 4 nitrogen and oxygen atoms in total. The minimum absolute atomic E-state index is 0.193. The second kappa shape index (κ2) is 17.3. The van der Waals surface area contributed by atoms with Gasteiger partial charge in [-0.3, -0.25) is 4.79 Å². The molecule has 0 aliphatic heterocycles. The molecule has 0 aliphatic carbocycles. The lowest BCUT2D eigenvalue weighted by Crippen LogP contribution is -1.99. The van der Waals surface area contributed by atoms with Crippen molar-refractivity contribution in [2.24, 2.45) is 0 Å². The van der Waals surface area contributed by atoms with Crippen LogP contribution in [0.3, 0.4) is 0 Å². The van der Waals surface area contributed by atoms with Gasteiger partial charge in [0.15, 0.2) is 0 Å². The summed E-state index contributed by atoms with van der Waals surface area (Å²) in [5.41, 5.74) is 1.13. The third-order valence-electron chi connectivity index (χ3n) is 3.64. The third-order valence-corrected chi connectivity index (χ3v) is 3.64. The molecule has 3 N–H and O–H groups in total. The Morgan fingerprint density at radius 1 is 0.852 bits per heavy atom. The van der Waals surface area contributed by atoms with Gasteiger partial charge in [-0.25, -0.2) is 0 Å². The zero-order valence-electron chi connectivity index (χ0n) is 16.5. The van der Waals surface area contributed by atoms with Crippen LogP contribution in [-0.4, -0.2) is 33.5 Å². The maximum atomic E-state index is 10.4. The molecule has 0 spiro atoms. The van der Waals surface area contributed by atoms with E-state index in [2.05, 4.69) is 6.92 Å². The summed E-state index contributed by atoms with van der Waals surface area (Å²) in [6.45, 7) is 4.03. The molecule has 0 radical (unpaired) electrons. The molecule has 0 fully saturated rings. The van der Waals surface area contributed by atoms with Gasteiger partial charge in [0.25, 0.3) is 0 Å². The molecule has 0 aromatic heterocycles. The first kappa shape index (κ1) is 24.8. The van der Waals surface area contributed by atoms with Crippen LogP contribution in [-0.2, 0) is 4.79 Å². The number of carboxylic acids is 1. The van der Waals surface area contributed by atoms with Crippen LogP contribution in [0.25, 0.3) is 0 Å². The number of hydrogen-bond acceptors (Lipinski definition) is 3. The molecular formula is C23H34O4. The standard InChI is InChI=1S/C23H34O4/c1-3-4-7-15-21(24)17-10-6-11-18-22(25)16-9-5-8-13-20(2)14-12-19-23(26)27/h4-11,13,16-17,21-22,24-25H,3,12,14-15,18-19H2,1-2H3,(H,26,27)/b7-4-,8-5+,11-6-,16-9+,17-10+,20-13+/t21-,22?/m0/s1. The molecule has 0 aliphatic rings. The fraction of sp³-hybridized carbons (Fsp3) is 0.435. The Bertz CT molecular complexity index is 565. The number of carbonyl (C=O) groups is 1. The molecule has 0 aromatic rings. The summed E-state index contributed by atoms with van der Waals surface area (Å²) in [6.07, 6.45) is 23.0. The largest absolute Gasteiger partial charge is 0.481 e. The van der Waals surface area contributed by atoms with Crippen LogP contribution in [0, 0.1) is 0 Å². The molecule has 0 saturated carbocycles. The smallest absolute Gasteiger partial charge is 0.303 e. The summed E-state index contributed by atoms with van der Waals surface area (Å²) < 4.78 is 0. The first-order chi connectivity index (χ1) is 13.0. The Balaban J connectivity index is 4.04. The predicted octanol–water partition coefficient (Wildman–Crippen LogP) is 4.88. The van der Waals surface area contributed by atoms with Gasteiger partial charge in [-0.1, -0.05) is 79.3 Å². The molecule has 150 valence electrons. The maximum absolute atomic E-state index is 10.4. The normalized spacial score (nSPS) is 15.8. The Hall–Kier alpha value is -2.17. The van der Waals surface area contributed by atoms with Crippen LogP contribution in [0.5, 0.6) is 0 Å². The van der Waals surface area contributed by atoms with E-state index < -0.39 is 18.2 Å². The third kappa shape index (κ3) is 18.4. The molecule has 27 heavy (non-hydrogen) atoms. The molecule has 0 aromatic carbocycles. The van der Waals surface area contributed by atoms with Crippen LogP contribution in [0.15, 0.2) is 72.4 Å². The first-order valence-electron chi connectivity index (χ1n) is 9.52. The fourth-order valence-corrected chi connectivity index (χ4v) is 2.13. The Morgan fingerprint density at radius 2 is 1.48 bits per heavy atom. The summed E-state index contributed by atoms with van der Waals surface area (Å²) in [4.78, 5) is 10.4. The number of rotatable bonds is 14. The van der Waals surface area contributed by atoms with E-state index in [0.29, 0.717) is 19.3 Å². The molecular weight excluding hydrogens is 340 g/mol. The lowest BCUT2D eigenvalue weighted by Gasteiger charge is -2.00. The number of allylic oxidation sites excluding steroid dienone is 8. The van der Waals surface area contributed by atoms with E-state index in [9.17, 15) is 15.0 Å². The summed E-state index contributed by atoms with van der Waals surface area (Å²) in [6, 6.07) is 0. The van der Waals surface area contributed by atoms with E-state index in [1.165, 1.54) is 0 Å². The highest BCUT2D eigenvalue weighted by Crippen LogP contribution is 2.06. The molecule has 0 saturated heterocycles. The number of aliphatic carboxylic acids is 1. The van der Waals surface area contributed by atoms with Crippen LogP contribution in [0.1, 0.15) is 52.4 Å². The predicted molar refractivity (Wildman–Crippen MR) is 112 cm³/mol. The van der Waals surface area contributed by atoms with Crippen molar-refractivity contribution in [3.63, 3.8) is 0 Å². The summed E-state index contributed by atoms with van der Waals surface area (Å²) in [7, 11) is 0. The highest BCUT2D eigenvalue weighted by molar-refractivity contribution is 5.66. The van der Waals surface area contributed by atoms with Crippen molar-refractivity contribution >= 4 is 5.97 Å². The molecule has 0 rings (SSSR count). The van der Waals surface area contributed by atoms with Gasteiger partial charge in [-0.2, -0.15) is 0 Å². The Kier molecular flexibility index (Phi) is 15.9. The van der Waals surface area contributed by atoms with Crippen LogP contribution < -0.4 is 0 Å². The summed E-state index contributed by atoms with van der Waals surface area (Å²) >= 11 is 0. The molecule has 0 bridgehead atoms. The highest BCUT2D eigenvalue weighted by atomic mass is 16.4. The van der Waals surface area contributed by atoms with Gasteiger partial charge in [-0.15, -0.1) is 0 Å². The number of aliphatic hydroxyl groups excluding tert-OH is 2. The second-order valence-electron chi connectivity index (χ2n) is 6.33. The molecule has 0 amide bonds. The van der Waals surface area contributed by atoms with Crippen LogP contribution in [0.4, 0.5) is 0 Å². The van der Waals surface area contributed by atoms with Crippen molar-refractivity contribution in [2.75, 3.05) is 0 Å². The van der Waals surface area contributed by atoms with E-state index >= 15 is 0 Å². The second-order valence-corrected chi connectivity index (χ2v) is 6.33. The van der Waals surface area contributed by atoms with E-state index in [0.717, 1.165) is 18.4 Å². The SMILES string of the molecule is CC/C=C\C[C@H](O)/C=C/C=C\CC(O)/C=C/C=C/C=C(\C)CCCC(=O)O. The zero-order chi connectivity index (χ0) is 20.3. The van der Waals surface area contributed by atoms with Crippen molar-refractivity contribution in [1.82, 2.24) is 0 Å².